The Labute approximate surface area is 84.7 Å². The van der Waals surface area contributed by atoms with Gasteiger partial charge in [-0.3, -0.25) is 0 Å². The lowest BCUT2D eigenvalue weighted by Gasteiger charge is -2.24. The standard InChI is InChI=1S/C11H18N2O/c12-9(7-14)5-8-6-13-11-4-2-1-3-10(8)11/h2,4,6,9-11,13-14H,1,3,5,7,12H2/t9-,10?,11?/m0/s1. The normalized spacial score (nSPS) is 32.0. The van der Waals surface area contributed by atoms with Gasteiger partial charge in [-0.05, 0) is 31.0 Å². The van der Waals surface area contributed by atoms with Crippen LogP contribution in [-0.4, -0.2) is 23.8 Å². The fourth-order valence-corrected chi connectivity index (χ4v) is 2.31. The summed E-state index contributed by atoms with van der Waals surface area (Å²) in [5.74, 6) is 0.609. The number of nitrogens with two attached hydrogens (primary N) is 1. The van der Waals surface area contributed by atoms with Crippen LogP contribution in [0.4, 0.5) is 0 Å². The summed E-state index contributed by atoms with van der Waals surface area (Å²) in [7, 11) is 0. The molecule has 3 nitrogen and oxygen atoms in total. The molecule has 0 amide bonds. The van der Waals surface area contributed by atoms with Crippen LogP contribution >= 0.6 is 0 Å². The van der Waals surface area contributed by atoms with Gasteiger partial charge in [0.25, 0.3) is 0 Å². The topological polar surface area (TPSA) is 58.3 Å². The van der Waals surface area contributed by atoms with Crippen LogP contribution < -0.4 is 11.1 Å². The second-order valence-corrected chi connectivity index (χ2v) is 4.17. The molecule has 1 heterocycles. The van der Waals surface area contributed by atoms with Gasteiger partial charge < -0.3 is 16.2 Å². The highest BCUT2D eigenvalue weighted by Gasteiger charge is 2.29. The zero-order chi connectivity index (χ0) is 9.97. The van der Waals surface area contributed by atoms with Gasteiger partial charge in [0.2, 0.25) is 0 Å². The number of nitrogens with one attached hydrogen (secondary N) is 1. The van der Waals surface area contributed by atoms with Crippen LogP contribution in [0.5, 0.6) is 0 Å². The van der Waals surface area contributed by atoms with Crippen LogP contribution in [0.3, 0.4) is 0 Å². The van der Waals surface area contributed by atoms with Gasteiger partial charge in [-0.1, -0.05) is 12.2 Å². The average Bonchev–Trinajstić information content (AvgIpc) is 2.62. The van der Waals surface area contributed by atoms with Gasteiger partial charge >= 0.3 is 0 Å². The molecule has 0 aromatic carbocycles. The van der Waals surface area contributed by atoms with Crippen LogP contribution in [0.1, 0.15) is 19.3 Å². The Kier molecular flexibility index (Phi) is 2.89. The molecule has 3 atom stereocenters. The molecule has 0 saturated carbocycles. The molecule has 0 aromatic heterocycles. The number of aliphatic hydroxyl groups is 1. The number of allylic oxidation sites excluding steroid dienone is 1. The van der Waals surface area contributed by atoms with Gasteiger partial charge in [0.1, 0.15) is 0 Å². The molecule has 0 fully saturated rings. The molecule has 3 heteroatoms. The molecule has 1 aliphatic carbocycles. The third-order valence-corrected chi connectivity index (χ3v) is 3.09. The SMILES string of the molecule is N[C@H](CO)CC1=CNC2C=CCCC12. The second-order valence-electron chi connectivity index (χ2n) is 4.17. The molecule has 0 aromatic rings. The van der Waals surface area contributed by atoms with Crippen molar-refractivity contribution in [1.29, 1.82) is 0 Å². The van der Waals surface area contributed by atoms with Gasteiger partial charge in [0.15, 0.2) is 0 Å². The molecule has 2 aliphatic rings. The largest absolute Gasteiger partial charge is 0.395 e. The summed E-state index contributed by atoms with van der Waals surface area (Å²) >= 11 is 0. The minimum atomic E-state index is -0.104. The van der Waals surface area contributed by atoms with E-state index in [4.69, 9.17) is 10.8 Å². The Hall–Kier alpha value is -0.800. The highest BCUT2D eigenvalue weighted by Crippen LogP contribution is 2.32. The fraction of sp³-hybridized carbons (Fsp3) is 0.636. The lowest BCUT2D eigenvalue weighted by Crippen LogP contribution is -2.30. The predicted molar refractivity (Wildman–Crippen MR) is 56.5 cm³/mol. The Balaban J connectivity index is 1.97. The quantitative estimate of drug-likeness (QED) is 0.574. The first-order valence-corrected chi connectivity index (χ1v) is 5.29. The van der Waals surface area contributed by atoms with Crippen LogP contribution in [0.15, 0.2) is 23.9 Å². The van der Waals surface area contributed by atoms with Crippen molar-refractivity contribution >= 4 is 0 Å². The second kappa shape index (κ2) is 4.15. The molecule has 2 unspecified atom stereocenters. The van der Waals surface area contributed by atoms with E-state index in [1.54, 1.807) is 0 Å². The van der Waals surface area contributed by atoms with Crippen molar-refractivity contribution in [3.63, 3.8) is 0 Å². The Bertz CT molecular complexity index is 260. The van der Waals surface area contributed by atoms with Crippen LogP contribution in [0, 0.1) is 5.92 Å². The average molecular weight is 194 g/mol. The van der Waals surface area contributed by atoms with Crippen molar-refractivity contribution in [2.45, 2.75) is 31.3 Å². The smallest absolute Gasteiger partial charge is 0.0585 e. The van der Waals surface area contributed by atoms with E-state index in [9.17, 15) is 0 Å². The van der Waals surface area contributed by atoms with Crippen molar-refractivity contribution in [3.8, 4) is 0 Å². The molecule has 2 rings (SSSR count). The van der Waals surface area contributed by atoms with Gasteiger partial charge in [-0.2, -0.15) is 0 Å². The van der Waals surface area contributed by atoms with E-state index < -0.39 is 0 Å². The fourth-order valence-electron chi connectivity index (χ4n) is 2.31. The molecule has 0 radical (unpaired) electrons. The maximum absolute atomic E-state index is 8.90. The molecule has 0 spiro atoms. The molecular weight excluding hydrogens is 176 g/mol. The maximum atomic E-state index is 8.90. The summed E-state index contributed by atoms with van der Waals surface area (Å²) in [4.78, 5) is 0. The van der Waals surface area contributed by atoms with E-state index in [-0.39, 0.29) is 12.6 Å². The Morgan fingerprint density at radius 1 is 1.64 bits per heavy atom. The first-order valence-electron chi connectivity index (χ1n) is 5.29. The first kappa shape index (κ1) is 9.74. The minimum absolute atomic E-state index is 0.0740. The molecule has 1 aliphatic heterocycles. The van der Waals surface area contributed by atoms with Crippen molar-refractivity contribution < 1.29 is 5.11 Å². The summed E-state index contributed by atoms with van der Waals surface area (Å²) in [6.45, 7) is 0.0740. The lowest BCUT2D eigenvalue weighted by atomic mass is 9.84. The van der Waals surface area contributed by atoms with E-state index in [0.29, 0.717) is 12.0 Å². The predicted octanol–water partition coefficient (Wildman–Crippen LogP) is 0.518. The lowest BCUT2D eigenvalue weighted by molar-refractivity contribution is 0.262. The number of aliphatic hydroxyl groups excluding tert-OH is 1. The highest BCUT2D eigenvalue weighted by atomic mass is 16.3. The van der Waals surface area contributed by atoms with E-state index in [1.165, 1.54) is 12.0 Å². The number of fused-ring (bicyclic) bond motifs is 1. The Morgan fingerprint density at radius 3 is 3.29 bits per heavy atom. The van der Waals surface area contributed by atoms with Crippen LogP contribution in [0.25, 0.3) is 0 Å². The zero-order valence-corrected chi connectivity index (χ0v) is 8.32. The molecule has 4 N–H and O–H groups in total. The van der Waals surface area contributed by atoms with Crippen LogP contribution in [-0.2, 0) is 0 Å². The van der Waals surface area contributed by atoms with E-state index >= 15 is 0 Å². The summed E-state index contributed by atoms with van der Waals surface area (Å²) in [6.07, 6.45) is 9.74. The van der Waals surface area contributed by atoms with Crippen molar-refractivity contribution in [3.05, 3.63) is 23.9 Å². The molecule has 0 bridgehead atoms. The molecular formula is C11H18N2O. The van der Waals surface area contributed by atoms with E-state index in [1.807, 2.05) is 0 Å². The van der Waals surface area contributed by atoms with E-state index in [0.717, 1.165) is 12.8 Å². The first-order chi connectivity index (χ1) is 6.81. The number of hydrogen-bond donors (Lipinski definition) is 3. The van der Waals surface area contributed by atoms with Gasteiger partial charge in [-0.25, -0.2) is 0 Å². The van der Waals surface area contributed by atoms with Gasteiger partial charge in [0, 0.05) is 12.0 Å². The van der Waals surface area contributed by atoms with Crippen molar-refractivity contribution in [1.82, 2.24) is 5.32 Å². The van der Waals surface area contributed by atoms with Crippen LogP contribution in [0.2, 0.25) is 0 Å². The third kappa shape index (κ3) is 1.83. The molecule has 78 valence electrons. The number of rotatable bonds is 3. The summed E-state index contributed by atoms with van der Waals surface area (Å²) < 4.78 is 0. The highest BCUT2D eigenvalue weighted by molar-refractivity contribution is 5.23. The summed E-state index contributed by atoms with van der Waals surface area (Å²) in [6, 6.07) is 0.373. The molecule has 14 heavy (non-hydrogen) atoms. The number of hydrogen-bond acceptors (Lipinski definition) is 3. The molecule has 0 saturated heterocycles. The third-order valence-electron chi connectivity index (χ3n) is 3.09. The summed E-state index contributed by atoms with van der Waals surface area (Å²) in [5, 5.41) is 12.3. The van der Waals surface area contributed by atoms with Crippen molar-refractivity contribution in [2.75, 3.05) is 6.61 Å². The maximum Gasteiger partial charge on any atom is 0.0585 e. The monoisotopic (exact) mass is 194 g/mol. The summed E-state index contributed by atoms with van der Waals surface area (Å²) in [5.41, 5.74) is 7.11. The van der Waals surface area contributed by atoms with E-state index in [2.05, 4.69) is 23.7 Å². The Morgan fingerprint density at radius 2 is 2.50 bits per heavy atom. The van der Waals surface area contributed by atoms with Crippen molar-refractivity contribution in [2.24, 2.45) is 11.7 Å². The zero-order valence-electron chi connectivity index (χ0n) is 8.32. The van der Waals surface area contributed by atoms with Gasteiger partial charge in [0.05, 0.1) is 12.6 Å². The van der Waals surface area contributed by atoms with Gasteiger partial charge in [-0.15, -0.1) is 0 Å². The minimum Gasteiger partial charge on any atom is -0.395 e.